The Morgan fingerprint density at radius 3 is 2.41 bits per heavy atom. The van der Waals surface area contributed by atoms with E-state index in [-0.39, 0.29) is 12.0 Å². The maximum Gasteiger partial charge on any atom is 0.119 e. The van der Waals surface area contributed by atoms with Crippen molar-refractivity contribution in [3.63, 3.8) is 0 Å². The molecule has 0 radical (unpaired) electrons. The van der Waals surface area contributed by atoms with Gasteiger partial charge in [0.1, 0.15) is 11.5 Å². The Hall–Kier alpha value is -2.08. The van der Waals surface area contributed by atoms with Crippen molar-refractivity contribution in [2.75, 3.05) is 34.9 Å². The number of hydrogen-bond donors (Lipinski definition) is 1. The van der Waals surface area contributed by atoms with Gasteiger partial charge in [0.05, 0.1) is 32.5 Å². The highest BCUT2D eigenvalue weighted by Gasteiger charge is 2.44. The summed E-state index contributed by atoms with van der Waals surface area (Å²) < 4.78 is 16.9. The zero-order valence-electron chi connectivity index (χ0n) is 17.9. The molecule has 1 aliphatic rings. The van der Waals surface area contributed by atoms with Crippen molar-refractivity contribution < 1.29 is 19.3 Å². The summed E-state index contributed by atoms with van der Waals surface area (Å²) >= 11 is 0. The summed E-state index contributed by atoms with van der Waals surface area (Å²) in [6, 6.07) is 15.8. The van der Waals surface area contributed by atoms with E-state index in [4.69, 9.17) is 14.2 Å². The van der Waals surface area contributed by atoms with E-state index in [1.807, 2.05) is 56.6 Å². The largest absolute Gasteiger partial charge is 0.497 e. The van der Waals surface area contributed by atoms with Crippen LogP contribution in [0.4, 0.5) is 0 Å². The third-order valence-corrected chi connectivity index (χ3v) is 5.85. The molecule has 3 atom stereocenters. The minimum absolute atomic E-state index is 0.0775. The molecule has 5 heteroatoms. The molecule has 5 nitrogen and oxygen atoms in total. The van der Waals surface area contributed by atoms with Crippen LogP contribution < -0.4 is 9.47 Å². The third kappa shape index (κ3) is 5.30. The molecular formula is C24H33NO4. The number of aliphatic hydroxyl groups is 1. The first-order valence-electron chi connectivity index (χ1n) is 10.2. The number of rotatable bonds is 8. The molecule has 0 amide bonds. The summed E-state index contributed by atoms with van der Waals surface area (Å²) in [5.41, 5.74) is 1.14. The number of hydrogen-bond acceptors (Lipinski definition) is 5. The maximum absolute atomic E-state index is 11.7. The van der Waals surface area contributed by atoms with Crippen LogP contribution in [-0.4, -0.2) is 51.0 Å². The van der Waals surface area contributed by atoms with E-state index in [0.717, 1.165) is 42.0 Å². The topological polar surface area (TPSA) is 51.2 Å². The van der Waals surface area contributed by atoms with Crippen LogP contribution in [0.5, 0.6) is 11.5 Å². The van der Waals surface area contributed by atoms with Crippen LogP contribution in [0.15, 0.2) is 48.5 Å². The van der Waals surface area contributed by atoms with E-state index in [0.29, 0.717) is 13.0 Å². The van der Waals surface area contributed by atoms with E-state index in [9.17, 15) is 5.11 Å². The zero-order chi connectivity index (χ0) is 20.9. The molecule has 2 aromatic carbocycles. The van der Waals surface area contributed by atoms with E-state index in [2.05, 4.69) is 11.0 Å². The fourth-order valence-corrected chi connectivity index (χ4v) is 4.28. The number of nitrogens with zero attached hydrogens (tertiary/aromatic N) is 1. The average Bonchev–Trinajstić information content (AvgIpc) is 2.74. The molecule has 3 unspecified atom stereocenters. The summed E-state index contributed by atoms with van der Waals surface area (Å²) in [6.45, 7) is 1.35. The van der Waals surface area contributed by atoms with Crippen LogP contribution in [0.1, 0.15) is 30.4 Å². The second-order valence-electron chi connectivity index (χ2n) is 8.17. The monoisotopic (exact) mass is 399 g/mol. The highest BCUT2D eigenvalue weighted by atomic mass is 16.5. The zero-order valence-corrected chi connectivity index (χ0v) is 17.9. The number of benzene rings is 2. The van der Waals surface area contributed by atoms with Gasteiger partial charge in [-0.2, -0.15) is 0 Å². The van der Waals surface area contributed by atoms with Gasteiger partial charge in [-0.05, 0) is 68.8 Å². The molecule has 0 aliphatic heterocycles. The second-order valence-corrected chi connectivity index (χ2v) is 8.17. The molecule has 1 fully saturated rings. The Morgan fingerprint density at radius 2 is 1.72 bits per heavy atom. The normalized spacial score (nSPS) is 24.5. The van der Waals surface area contributed by atoms with Gasteiger partial charge >= 0.3 is 0 Å². The number of methoxy groups -OCH3 is 2. The fourth-order valence-electron chi connectivity index (χ4n) is 4.28. The SMILES string of the molecule is COc1cccc(COC2CCC(O)(c3cccc(OC)c3)C(CN(C)C)C2)c1. The highest BCUT2D eigenvalue weighted by molar-refractivity contribution is 5.33. The molecule has 0 spiro atoms. The fraction of sp³-hybridized carbons (Fsp3) is 0.500. The molecule has 1 saturated carbocycles. The Labute approximate surface area is 174 Å². The van der Waals surface area contributed by atoms with Crippen molar-refractivity contribution in [3.05, 3.63) is 59.7 Å². The Bertz CT molecular complexity index is 794. The number of ether oxygens (including phenoxy) is 3. The van der Waals surface area contributed by atoms with Crippen LogP contribution >= 0.6 is 0 Å². The summed E-state index contributed by atoms with van der Waals surface area (Å²) in [5.74, 6) is 1.69. The lowest BCUT2D eigenvalue weighted by Crippen LogP contribution is -2.46. The van der Waals surface area contributed by atoms with Gasteiger partial charge < -0.3 is 24.2 Å². The molecule has 0 bridgehead atoms. The van der Waals surface area contributed by atoms with Gasteiger partial charge in [-0.3, -0.25) is 0 Å². The molecule has 1 N–H and O–H groups in total. The van der Waals surface area contributed by atoms with Gasteiger partial charge in [-0.1, -0.05) is 24.3 Å². The molecule has 0 heterocycles. The van der Waals surface area contributed by atoms with Crippen molar-refractivity contribution in [1.82, 2.24) is 4.90 Å². The van der Waals surface area contributed by atoms with Gasteiger partial charge in [-0.15, -0.1) is 0 Å². The quantitative estimate of drug-likeness (QED) is 0.731. The van der Waals surface area contributed by atoms with Crippen molar-refractivity contribution in [1.29, 1.82) is 0 Å². The molecule has 1 aliphatic carbocycles. The van der Waals surface area contributed by atoms with Gasteiger partial charge in [0.15, 0.2) is 0 Å². The molecular weight excluding hydrogens is 366 g/mol. The van der Waals surface area contributed by atoms with Crippen molar-refractivity contribution >= 4 is 0 Å². The van der Waals surface area contributed by atoms with E-state index in [1.54, 1.807) is 14.2 Å². The molecule has 158 valence electrons. The van der Waals surface area contributed by atoms with Crippen molar-refractivity contribution in [3.8, 4) is 11.5 Å². The van der Waals surface area contributed by atoms with E-state index >= 15 is 0 Å². The van der Waals surface area contributed by atoms with Crippen LogP contribution in [0.2, 0.25) is 0 Å². The van der Waals surface area contributed by atoms with Crippen molar-refractivity contribution in [2.45, 2.75) is 37.6 Å². The first kappa shape index (κ1) is 21.6. The summed E-state index contributed by atoms with van der Waals surface area (Å²) in [6.07, 6.45) is 2.43. The Kier molecular flexibility index (Phi) is 7.17. The lowest BCUT2D eigenvalue weighted by molar-refractivity contribution is -0.110. The van der Waals surface area contributed by atoms with Crippen LogP contribution in [0.25, 0.3) is 0 Å². The van der Waals surface area contributed by atoms with Gasteiger partial charge in [0.25, 0.3) is 0 Å². The lowest BCUT2D eigenvalue weighted by atomic mass is 9.70. The molecule has 3 rings (SSSR count). The Balaban J connectivity index is 1.72. The van der Waals surface area contributed by atoms with Crippen LogP contribution in [-0.2, 0) is 16.9 Å². The minimum atomic E-state index is -0.880. The average molecular weight is 400 g/mol. The van der Waals surface area contributed by atoms with Gasteiger partial charge in [-0.25, -0.2) is 0 Å². The van der Waals surface area contributed by atoms with E-state index in [1.165, 1.54) is 0 Å². The van der Waals surface area contributed by atoms with Crippen LogP contribution in [0, 0.1) is 5.92 Å². The summed E-state index contributed by atoms with van der Waals surface area (Å²) in [4.78, 5) is 2.14. The van der Waals surface area contributed by atoms with Crippen LogP contribution in [0.3, 0.4) is 0 Å². The summed E-state index contributed by atoms with van der Waals surface area (Å²) in [7, 11) is 7.43. The summed E-state index contributed by atoms with van der Waals surface area (Å²) in [5, 5.41) is 11.7. The highest BCUT2D eigenvalue weighted by Crippen LogP contribution is 2.43. The van der Waals surface area contributed by atoms with E-state index < -0.39 is 5.60 Å². The predicted octanol–water partition coefficient (Wildman–Crippen LogP) is 3.84. The lowest BCUT2D eigenvalue weighted by Gasteiger charge is -2.44. The molecule has 0 saturated heterocycles. The van der Waals surface area contributed by atoms with Gasteiger partial charge in [0.2, 0.25) is 0 Å². The second kappa shape index (κ2) is 9.61. The third-order valence-electron chi connectivity index (χ3n) is 5.85. The minimum Gasteiger partial charge on any atom is -0.497 e. The first-order chi connectivity index (χ1) is 13.9. The predicted molar refractivity (Wildman–Crippen MR) is 114 cm³/mol. The Morgan fingerprint density at radius 1 is 1.03 bits per heavy atom. The molecule has 29 heavy (non-hydrogen) atoms. The maximum atomic E-state index is 11.7. The van der Waals surface area contributed by atoms with Crippen molar-refractivity contribution in [2.24, 2.45) is 5.92 Å². The smallest absolute Gasteiger partial charge is 0.119 e. The molecule has 2 aromatic rings. The van der Waals surface area contributed by atoms with Gasteiger partial charge in [0, 0.05) is 12.5 Å². The molecule has 0 aromatic heterocycles. The first-order valence-corrected chi connectivity index (χ1v) is 10.2. The standard InChI is InChI=1S/C24H33NO4/c1-25(2)16-20-15-23(29-17-18-7-5-9-21(13-18)27-3)11-12-24(20,26)19-8-6-10-22(14-19)28-4/h5-10,13-14,20,23,26H,11-12,15-17H2,1-4H3.